The Labute approximate surface area is 92.7 Å². The largest absolute Gasteiger partial charge is 0.348 e. The van der Waals surface area contributed by atoms with Gasteiger partial charge in [-0.2, -0.15) is 0 Å². The minimum Gasteiger partial charge on any atom is -0.348 e. The summed E-state index contributed by atoms with van der Waals surface area (Å²) in [5.74, 6) is -1.15. The molecule has 0 heterocycles. The number of amides is 1. The summed E-state index contributed by atoms with van der Waals surface area (Å²) in [5, 5.41) is 2.62. The van der Waals surface area contributed by atoms with Gasteiger partial charge in [0.05, 0.1) is 10.6 Å². The van der Waals surface area contributed by atoms with Crippen molar-refractivity contribution in [2.75, 3.05) is 6.54 Å². The molecule has 1 amide bonds. The van der Waals surface area contributed by atoms with Crippen LogP contribution in [-0.4, -0.2) is 12.5 Å². The fourth-order valence-corrected chi connectivity index (χ4v) is 1.28. The van der Waals surface area contributed by atoms with Crippen LogP contribution in [0.3, 0.4) is 0 Å². The second-order valence-corrected chi connectivity index (χ2v) is 3.64. The van der Waals surface area contributed by atoms with Crippen molar-refractivity contribution in [3.63, 3.8) is 0 Å². The quantitative estimate of drug-likeness (QED) is 0.791. The molecule has 4 heteroatoms. The van der Waals surface area contributed by atoms with Gasteiger partial charge in [0.25, 0.3) is 5.91 Å². The first kappa shape index (κ1) is 11.7. The van der Waals surface area contributed by atoms with Crippen LogP contribution in [0.4, 0.5) is 4.39 Å². The van der Waals surface area contributed by atoms with Crippen LogP contribution in [0, 0.1) is 5.82 Å². The summed E-state index contributed by atoms with van der Waals surface area (Å²) in [6, 6.07) is 4.12. The van der Waals surface area contributed by atoms with Crippen molar-refractivity contribution < 1.29 is 9.18 Å². The van der Waals surface area contributed by atoms with Crippen molar-refractivity contribution in [2.24, 2.45) is 0 Å². The van der Waals surface area contributed by atoms with Gasteiger partial charge in [-0.3, -0.25) is 4.79 Å². The zero-order chi connectivity index (χ0) is 11.4. The van der Waals surface area contributed by atoms with E-state index in [4.69, 9.17) is 11.6 Å². The Hall–Kier alpha value is -1.35. The highest BCUT2D eigenvalue weighted by Crippen LogP contribution is 2.18. The summed E-state index contributed by atoms with van der Waals surface area (Å²) in [6.07, 6.45) is 0. The van der Waals surface area contributed by atoms with Crippen LogP contribution < -0.4 is 5.32 Å². The van der Waals surface area contributed by atoms with E-state index in [1.807, 2.05) is 0 Å². The molecule has 0 bridgehead atoms. The zero-order valence-corrected chi connectivity index (χ0v) is 9.07. The molecule has 1 aromatic rings. The van der Waals surface area contributed by atoms with E-state index in [0.717, 1.165) is 5.57 Å². The van der Waals surface area contributed by atoms with E-state index in [2.05, 4.69) is 11.9 Å². The third-order valence-electron chi connectivity index (χ3n) is 1.74. The molecule has 0 aliphatic heterocycles. The van der Waals surface area contributed by atoms with E-state index in [0.29, 0.717) is 6.54 Å². The van der Waals surface area contributed by atoms with Crippen LogP contribution in [0.25, 0.3) is 0 Å². The molecule has 1 N–H and O–H groups in total. The maximum Gasteiger partial charge on any atom is 0.256 e. The number of hydrogen-bond donors (Lipinski definition) is 1. The normalized spacial score (nSPS) is 9.80. The van der Waals surface area contributed by atoms with Crippen LogP contribution in [0.5, 0.6) is 0 Å². The van der Waals surface area contributed by atoms with Crippen molar-refractivity contribution in [3.8, 4) is 0 Å². The summed E-state index contributed by atoms with van der Waals surface area (Å²) in [5.41, 5.74) is 0.663. The number of carbonyl (C=O) groups excluding carboxylic acids is 1. The van der Waals surface area contributed by atoms with Crippen molar-refractivity contribution in [1.82, 2.24) is 5.32 Å². The van der Waals surface area contributed by atoms with Crippen molar-refractivity contribution in [3.05, 3.63) is 46.8 Å². The van der Waals surface area contributed by atoms with Gasteiger partial charge in [-0.1, -0.05) is 29.8 Å². The molecule has 0 saturated carbocycles. The lowest BCUT2D eigenvalue weighted by Gasteiger charge is -2.06. The highest BCUT2D eigenvalue weighted by Gasteiger charge is 2.14. The van der Waals surface area contributed by atoms with Gasteiger partial charge >= 0.3 is 0 Å². The SMILES string of the molecule is C=C(C)CNC(=O)c1c(F)cccc1Cl. The van der Waals surface area contributed by atoms with E-state index >= 15 is 0 Å². The van der Waals surface area contributed by atoms with Crippen molar-refractivity contribution in [1.29, 1.82) is 0 Å². The molecule has 1 rings (SSSR count). The Balaban J connectivity index is 2.86. The molecule has 0 fully saturated rings. The molecule has 1 aromatic carbocycles. The van der Waals surface area contributed by atoms with Crippen LogP contribution in [-0.2, 0) is 0 Å². The van der Waals surface area contributed by atoms with E-state index in [1.54, 1.807) is 6.92 Å². The van der Waals surface area contributed by atoms with E-state index < -0.39 is 11.7 Å². The third-order valence-corrected chi connectivity index (χ3v) is 2.06. The highest BCUT2D eigenvalue weighted by atomic mass is 35.5. The first-order valence-corrected chi connectivity index (χ1v) is 4.76. The summed E-state index contributed by atoms with van der Waals surface area (Å²) in [6.45, 7) is 5.70. The van der Waals surface area contributed by atoms with Gasteiger partial charge in [-0.15, -0.1) is 0 Å². The smallest absolute Gasteiger partial charge is 0.256 e. The van der Waals surface area contributed by atoms with Gasteiger partial charge in [-0.05, 0) is 19.1 Å². The van der Waals surface area contributed by atoms with Gasteiger partial charge in [-0.25, -0.2) is 4.39 Å². The minimum absolute atomic E-state index is 0.106. The summed E-state index contributed by atoms with van der Waals surface area (Å²) in [4.78, 5) is 11.5. The Morgan fingerprint density at radius 1 is 1.60 bits per heavy atom. The zero-order valence-electron chi connectivity index (χ0n) is 8.31. The first-order valence-electron chi connectivity index (χ1n) is 4.39. The fraction of sp³-hybridized carbons (Fsp3) is 0.182. The number of halogens is 2. The lowest BCUT2D eigenvalue weighted by Crippen LogP contribution is -2.26. The Morgan fingerprint density at radius 3 is 2.80 bits per heavy atom. The predicted molar refractivity (Wildman–Crippen MR) is 58.6 cm³/mol. The molecule has 0 aliphatic rings. The Kier molecular flexibility index (Phi) is 3.86. The monoisotopic (exact) mass is 227 g/mol. The first-order chi connectivity index (χ1) is 7.02. The fourth-order valence-electron chi connectivity index (χ4n) is 1.03. The summed E-state index contributed by atoms with van der Waals surface area (Å²) >= 11 is 5.72. The van der Waals surface area contributed by atoms with Gasteiger partial charge in [0.2, 0.25) is 0 Å². The standard InChI is InChI=1S/C11H11ClFNO/c1-7(2)6-14-11(15)10-8(12)4-3-5-9(10)13/h3-5H,1,6H2,2H3,(H,14,15). The summed E-state index contributed by atoms with van der Waals surface area (Å²) in [7, 11) is 0. The average molecular weight is 228 g/mol. The van der Waals surface area contributed by atoms with Gasteiger partial charge < -0.3 is 5.32 Å². The van der Waals surface area contributed by atoms with Gasteiger partial charge in [0, 0.05) is 6.54 Å². The average Bonchev–Trinajstić information content (AvgIpc) is 2.14. The second-order valence-electron chi connectivity index (χ2n) is 3.24. The number of rotatable bonds is 3. The Bertz CT molecular complexity index is 383. The maximum absolute atomic E-state index is 13.3. The second kappa shape index (κ2) is 4.94. The minimum atomic E-state index is -0.623. The molecule has 0 saturated heterocycles. The number of nitrogens with one attached hydrogen (secondary N) is 1. The molecule has 2 nitrogen and oxygen atoms in total. The molecule has 15 heavy (non-hydrogen) atoms. The predicted octanol–water partition coefficient (Wildman–Crippen LogP) is 2.79. The highest BCUT2D eigenvalue weighted by molar-refractivity contribution is 6.33. The number of hydrogen-bond acceptors (Lipinski definition) is 1. The molecule has 0 aliphatic carbocycles. The van der Waals surface area contributed by atoms with Gasteiger partial charge in [0.1, 0.15) is 5.82 Å². The van der Waals surface area contributed by atoms with E-state index in [-0.39, 0.29) is 10.6 Å². The third kappa shape index (κ3) is 3.06. The van der Waals surface area contributed by atoms with Gasteiger partial charge in [0.15, 0.2) is 0 Å². The van der Waals surface area contributed by atoms with E-state index in [9.17, 15) is 9.18 Å². The molecule has 0 radical (unpaired) electrons. The topological polar surface area (TPSA) is 29.1 Å². The molecular formula is C11H11ClFNO. The Morgan fingerprint density at radius 2 is 2.27 bits per heavy atom. The van der Waals surface area contributed by atoms with Crippen LogP contribution >= 0.6 is 11.6 Å². The number of benzene rings is 1. The van der Waals surface area contributed by atoms with Crippen molar-refractivity contribution in [2.45, 2.75) is 6.92 Å². The maximum atomic E-state index is 13.3. The van der Waals surface area contributed by atoms with Crippen LogP contribution in [0.2, 0.25) is 5.02 Å². The molecule has 0 aromatic heterocycles. The van der Waals surface area contributed by atoms with Crippen molar-refractivity contribution >= 4 is 17.5 Å². The van der Waals surface area contributed by atoms with Crippen LogP contribution in [0.15, 0.2) is 30.4 Å². The van der Waals surface area contributed by atoms with Crippen LogP contribution in [0.1, 0.15) is 17.3 Å². The molecule has 0 unspecified atom stereocenters. The van der Waals surface area contributed by atoms with E-state index in [1.165, 1.54) is 18.2 Å². The molecule has 0 spiro atoms. The molecule has 80 valence electrons. The lowest BCUT2D eigenvalue weighted by molar-refractivity contribution is 0.0953. The molecular weight excluding hydrogens is 217 g/mol. The molecule has 0 atom stereocenters. The lowest BCUT2D eigenvalue weighted by atomic mass is 10.2. The summed E-state index contributed by atoms with van der Waals surface area (Å²) < 4.78 is 13.3. The number of carbonyl (C=O) groups is 1.